The van der Waals surface area contributed by atoms with Crippen LogP contribution in [-0.4, -0.2) is 29.6 Å². The lowest BCUT2D eigenvalue weighted by molar-refractivity contribution is 0.0380. The summed E-state index contributed by atoms with van der Waals surface area (Å²) in [5, 5.41) is 0. The molecule has 0 aromatic heterocycles. The van der Waals surface area contributed by atoms with E-state index in [0.717, 1.165) is 0 Å². The van der Waals surface area contributed by atoms with Crippen molar-refractivity contribution in [2.45, 2.75) is 64.5 Å². The maximum atomic E-state index is 6.28. The first-order valence-corrected chi connectivity index (χ1v) is 6.45. The van der Waals surface area contributed by atoms with E-state index in [0.29, 0.717) is 17.0 Å². The van der Waals surface area contributed by atoms with Gasteiger partial charge in [-0.1, -0.05) is 6.42 Å². The number of nitrogens with two attached hydrogens (primary N) is 1. The third-order valence-corrected chi connectivity index (χ3v) is 4.68. The minimum Gasteiger partial charge on any atom is -0.327 e. The van der Waals surface area contributed by atoms with E-state index < -0.39 is 0 Å². The van der Waals surface area contributed by atoms with Crippen molar-refractivity contribution in [2.75, 3.05) is 13.1 Å². The highest BCUT2D eigenvalue weighted by molar-refractivity contribution is 4.99. The number of hydrogen-bond acceptors (Lipinski definition) is 2. The van der Waals surface area contributed by atoms with Gasteiger partial charge < -0.3 is 5.73 Å². The summed E-state index contributed by atoms with van der Waals surface area (Å²) in [6, 6.07) is 0.486. The van der Waals surface area contributed by atoms with Crippen molar-refractivity contribution in [3.8, 4) is 0 Å². The summed E-state index contributed by atoms with van der Waals surface area (Å²) in [6.45, 7) is 9.45. The Morgan fingerprint density at radius 2 is 1.73 bits per heavy atom. The van der Waals surface area contributed by atoms with Gasteiger partial charge in [-0.25, -0.2) is 0 Å². The van der Waals surface area contributed by atoms with Gasteiger partial charge in [-0.2, -0.15) is 0 Å². The molecule has 1 aliphatic heterocycles. The standard InChI is InChI=1S/C13H26N2/c1-12(2,3)15-9-7-13(8-10-15)6-4-5-11(13)14/h11H,4-10,14H2,1-3H3/t11-/m0/s1. The molecular weight excluding hydrogens is 184 g/mol. The zero-order valence-electron chi connectivity index (χ0n) is 10.6. The summed E-state index contributed by atoms with van der Waals surface area (Å²) in [7, 11) is 0. The van der Waals surface area contributed by atoms with Crippen molar-refractivity contribution in [3.05, 3.63) is 0 Å². The molecule has 1 saturated heterocycles. The zero-order valence-corrected chi connectivity index (χ0v) is 10.6. The molecule has 1 heterocycles. The van der Waals surface area contributed by atoms with Gasteiger partial charge in [0, 0.05) is 11.6 Å². The van der Waals surface area contributed by atoms with Gasteiger partial charge in [0.25, 0.3) is 0 Å². The fraction of sp³-hybridized carbons (Fsp3) is 1.00. The van der Waals surface area contributed by atoms with Crippen molar-refractivity contribution < 1.29 is 0 Å². The lowest BCUT2D eigenvalue weighted by Gasteiger charge is -2.47. The molecule has 0 bridgehead atoms. The Kier molecular flexibility index (Phi) is 2.85. The normalized spacial score (nSPS) is 32.4. The minimum atomic E-state index is 0.338. The van der Waals surface area contributed by atoms with Gasteiger partial charge in [0.05, 0.1) is 0 Å². The molecule has 15 heavy (non-hydrogen) atoms. The third-order valence-electron chi connectivity index (χ3n) is 4.68. The molecule has 0 unspecified atom stereocenters. The van der Waals surface area contributed by atoms with Crippen molar-refractivity contribution in [2.24, 2.45) is 11.1 Å². The smallest absolute Gasteiger partial charge is 0.0125 e. The summed E-state index contributed by atoms with van der Waals surface area (Å²) in [5.41, 5.74) is 7.13. The molecule has 2 nitrogen and oxygen atoms in total. The van der Waals surface area contributed by atoms with Gasteiger partial charge in [-0.15, -0.1) is 0 Å². The van der Waals surface area contributed by atoms with E-state index in [9.17, 15) is 0 Å². The van der Waals surface area contributed by atoms with Crippen LogP contribution in [-0.2, 0) is 0 Å². The maximum Gasteiger partial charge on any atom is 0.0125 e. The molecule has 1 atom stereocenters. The van der Waals surface area contributed by atoms with Crippen LogP contribution >= 0.6 is 0 Å². The molecule has 0 radical (unpaired) electrons. The molecule has 0 aromatic carbocycles. The summed E-state index contributed by atoms with van der Waals surface area (Å²) in [5.74, 6) is 0. The van der Waals surface area contributed by atoms with E-state index in [1.54, 1.807) is 0 Å². The van der Waals surface area contributed by atoms with Crippen molar-refractivity contribution in [3.63, 3.8) is 0 Å². The second-order valence-electron chi connectivity index (χ2n) is 6.52. The number of rotatable bonds is 0. The Balaban J connectivity index is 1.97. The predicted molar refractivity (Wildman–Crippen MR) is 64.8 cm³/mol. The number of piperidine rings is 1. The number of hydrogen-bond donors (Lipinski definition) is 1. The Hall–Kier alpha value is -0.0800. The SMILES string of the molecule is CC(C)(C)N1CCC2(CCC[C@@H]2N)CC1. The first-order chi connectivity index (χ1) is 6.94. The summed E-state index contributed by atoms with van der Waals surface area (Å²) < 4.78 is 0. The lowest BCUT2D eigenvalue weighted by atomic mass is 9.73. The van der Waals surface area contributed by atoms with Crippen LogP contribution < -0.4 is 5.73 Å². The average molecular weight is 210 g/mol. The van der Waals surface area contributed by atoms with E-state index in [1.165, 1.54) is 45.2 Å². The first kappa shape index (κ1) is 11.4. The predicted octanol–water partition coefficient (Wildman–Crippen LogP) is 2.38. The van der Waals surface area contributed by atoms with Crippen molar-refractivity contribution in [1.29, 1.82) is 0 Å². The molecule has 2 aliphatic rings. The molecule has 2 heteroatoms. The topological polar surface area (TPSA) is 29.3 Å². The van der Waals surface area contributed by atoms with E-state index in [2.05, 4.69) is 25.7 Å². The summed E-state index contributed by atoms with van der Waals surface area (Å²) in [6.07, 6.45) is 6.65. The maximum absolute atomic E-state index is 6.28. The molecule has 2 N–H and O–H groups in total. The molecule has 1 aliphatic carbocycles. The van der Waals surface area contributed by atoms with Crippen LogP contribution in [0.5, 0.6) is 0 Å². The summed E-state index contributed by atoms with van der Waals surface area (Å²) >= 11 is 0. The highest BCUT2D eigenvalue weighted by Crippen LogP contribution is 2.46. The first-order valence-electron chi connectivity index (χ1n) is 6.45. The molecule has 1 spiro atoms. The Morgan fingerprint density at radius 1 is 1.13 bits per heavy atom. The molecule has 2 fully saturated rings. The van der Waals surface area contributed by atoms with Crippen LogP contribution in [0.15, 0.2) is 0 Å². The Bertz CT molecular complexity index is 221. The second kappa shape index (κ2) is 3.74. The van der Waals surface area contributed by atoms with Gasteiger partial charge in [0.2, 0.25) is 0 Å². The van der Waals surface area contributed by atoms with Gasteiger partial charge in [0.1, 0.15) is 0 Å². The molecule has 0 amide bonds. The second-order valence-corrected chi connectivity index (χ2v) is 6.52. The van der Waals surface area contributed by atoms with Crippen LogP contribution in [0.3, 0.4) is 0 Å². The fourth-order valence-corrected chi connectivity index (χ4v) is 3.41. The van der Waals surface area contributed by atoms with Crippen LogP contribution in [0.2, 0.25) is 0 Å². The highest BCUT2D eigenvalue weighted by Gasteiger charge is 2.43. The van der Waals surface area contributed by atoms with Gasteiger partial charge in [-0.05, 0) is 65.0 Å². The van der Waals surface area contributed by atoms with Crippen LogP contribution in [0.1, 0.15) is 52.9 Å². The quantitative estimate of drug-likeness (QED) is 0.665. The van der Waals surface area contributed by atoms with Crippen LogP contribution in [0.4, 0.5) is 0 Å². The monoisotopic (exact) mass is 210 g/mol. The molecule has 88 valence electrons. The number of likely N-dealkylation sites (tertiary alicyclic amines) is 1. The Labute approximate surface area is 94.2 Å². The minimum absolute atomic E-state index is 0.338. The highest BCUT2D eigenvalue weighted by atomic mass is 15.2. The molecular formula is C13H26N2. The zero-order chi connectivity index (χ0) is 11.1. The van der Waals surface area contributed by atoms with Gasteiger partial charge >= 0.3 is 0 Å². The third kappa shape index (κ3) is 2.07. The fourth-order valence-electron chi connectivity index (χ4n) is 3.41. The van der Waals surface area contributed by atoms with Gasteiger partial charge in [0.15, 0.2) is 0 Å². The summed E-state index contributed by atoms with van der Waals surface area (Å²) in [4.78, 5) is 2.61. The van der Waals surface area contributed by atoms with Crippen LogP contribution in [0.25, 0.3) is 0 Å². The Morgan fingerprint density at radius 3 is 2.13 bits per heavy atom. The van der Waals surface area contributed by atoms with E-state index in [-0.39, 0.29) is 0 Å². The lowest BCUT2D eigenvalue weighted by Crippen LogP contribution is -2.52. The van der Waals surface area contributed by atoms with Crippen molar-refractivity contribution >= 4 is 0 Å². The van der Waals surface area contributed by atoms with Crippen molar-refractivity contribution in [1.82, 2.24) is 4.90 Å². The largest absolute Gasteiger partial charge is 0.327 e. The van der Waals surface area contributed by atoms with Gasteiger partial charge in [-0.3, -0.25) is 4.90 Å². The van der Waals surface area contributed by atoms with Crippen LogP contribution in [0, 0.1) is 5.41 Å². The molecule has 0 aromatic rings. The number of nitrogens with zero attached hydrogens (tertiary/aromatic N) is 1. The molecule has 2 rings (SSSR count). The van der Waals surface area contributed by atoms with E-state index >= 15 is 0 Å². The average Bonchev–Trinajstić information content (AvgIpc) is 2.48. The molecule has 1 saturated carbocycles. The van der Waals surface area contributed by atoms with E-state index in [1.807, 2.05) is 0 Å². The van der Waals surface area contributed by atoms with E-state index in [4.69, 9.17) is 5.73 Å².